The molecule has 37 heavy (non-hydrogen) atoms. The second-order valence-corrected chi connectivity index (χ2v) is 11.7. The Morgan fingerprint density at radius 2 is 1.78 bits per heavy atom. The van der Waals surface area contributed by atoms with Crippen LogP contribution in [0.25, 0.3) is 0 Å². The Kier molecular flexibility index (Phi) is 7.71. The van der Waals surface area contributed by atoms with Crippen molar-refractivity contribution in [2.24, 2.45) is 0 Å². The minimum absolute atomic E-state index is 0.116. The Morgan fingerprint density at radius 3 is 2.43 bits per heavy atom. The molecule has 3 aromatic carbocycles. The van der Waals surface area contributed by atoms with E-state index < -0.39 is 22.0 Å². The third-order valence-corrected chi connectivity index (χ3v) is 8.51. The summed E-state index contributed by atoms with van der Waals surface area (Å²) in [5, 5.41) is 3.38. The van der Waals surface area contributed by atoms with Crippen molar-refractivity contribution < 1.29 is 22.7 Å². The number of rotatable bonds is 7. The van der Waals surface area contributed by atoms with Crippen molar-refractivity contribution in [2.45, 2.75) is 50.7 Å². The number of nitrogens with zero attached hydrogens (tertiary/aromatic N) is 1. The number of nitrogens with one attached hydrogen (secondary N) is 1. The highest BCUT2D eigenvalue weighted by molar-refractivity contribution is 7.92. The second-order valence-electron chi connectivity index (χ2n) is 9.40. The van der Waals surface area contributed by atoms with E-state index in [9.17, 15) is 13.2 Å². The molecule has 1 N–H and O–H groups in total. The van der Waals surface area contributed by atoms with Crippen LogP contribution in [0.1, 0.15) is 49.4 Å². The first-order chi connectivity index (χ1) is 17.5. The summed E-state index contributed by atoms with van der Waals surface area (Å²) in [7, 11) is -2.32. The number of aryl methyl sites for hydroxylation is 1. The SMILES string of the molecule is COc1cc(C)c([C@H](C)NC(=O)[C@@H]2CN(S(=O)(=O)c3ccccc3)c3cc(Cl)ccc3O2)cc1C(C)C. The van der Waals surface area contributed by atoms with E-state index in [0.29, 0.717) is 10.7 Å². The van der Waals surface area contributed by atoms with Gasteiger partial charge < -0.3 is 14.8 Å². The minimum Gasteiger partial charge on any atom is -0.496 e. The lowest BCUT2D eigenvalue weighted by Gasteiger charge is -2.35. The van der Waals surface area contributed by atoms with Crippen molar-refractivity contribution in [1.82, 2.24) is 5.32 Å². The Balaban J connectivity index is 1.64. The van der Waals surface area contributed by atoms with Crippen LogP contribution in [-0.4, -0.2) is 34.1 Å². The van der Waals surface area contributed by atoms with Gasteiger partial charge in [0, 0.05) is 5.02 Å². The summed E-state index contributed by atoms with van der Waals surface area (Å²) in [6.07, 6.45) is -1.06. The summed E-state index contributed by atoms with van der Waals surface area (Å²) in [6.45, 7) is 7.84. The quantitative estimate of drug-likeness (QED) is 0.419. The summed E-state index contributed by atoms with van der Waals surface area (Å²) in [5.74, 6) is 0.898. The van der Waals surface area contributed by atoms with Crippen molar-refractivity contribution in [3.05, 3.63) is 82.4 Å². The molecule has 196 valence electrons. The average molecular weight is 543 g/mol. The molecule has 0 unspecified atom stereocenters. The molecule has 0 aromatic heterocycles. The first-order valence-electron chi connectivity index (χ1n) is 12.1. The smallest absolute Gasteiger partial charge is 0.264 e. The number of hydrogen-bond acceptors (Lipinski definition) is 5. The van der Waals surface area contributed by atoms with E-state index in [1.54, 1.807) is 37.4 Å². The predicted molar refractivity (Wildman–Crippen MR) is 145 cm³/mol. The average Bonchev–Trinajstić information content (AvgIpc) is 2.87. The molecule has 0 saturated carbocycles. The fourth-order valence-electron chi connectivity index (χ4n) is 4.50. The van der Waals surface area contributed by atoms with Gasteiger partial charge in [-0.25, -0.2) is 8.42 Å². The molecule has 0 bridgehead atoms. The van der Waals surface area contributed by atoms with Gasteiger partial charge >= 0.3 is 0 Å². The molecule has 3 aromatic rings. The number of amides is 1. The van der Waals surface area contributed by atoms with Crippen LogP contribution >= 0.6 is 11.6 Å². The number of sulfonamides is 1. The van der Waals surface area contributed by atoms with Crippen molar-refractivity contribution in [1.29, 1.82) is 0 Å². The monoisotopic (exact) mass is 542 g/mol. The zero-order valence-corrected chi connectivity index (χ0v) is 23.1. The van der Waals surface area contributed by atoms with Gasteiger partial charge in [-0.3, -0.25) is 9.10 Å². The summed E-state index contributed by atoms with van der Waals surface area (Å²) in [6, 6.07) is 16.5. The number of carbonyl (C=O) groups is 1. The van der Waals surface area contributed by atoms with Crippen molar-refractivity contribution >= 4 is 33.2 Å². The standard InChI is InChI=1S/C28H31ClN2O5S/c1-17(2)22-15-23(18(3)13-26(22)35-5)19(4)30-28(32)27-16-31(24-14-20(29)11-12-25(24)36-27)37(33,34)21-9-7-6-8-10-21/h6-15,17,19,27H,16H2,1-5H3,(H,30,32)/t19-,27-/m0/s1. The van der Waals surface area contributed by atoms with Crippen LogP contribution in [0, 0.1) is 6.92 Å². The van der Waals surface area contributed by atoms with Crippen LogP contribution in [0.15, 0.2) is 65.6 Å². The maximum atomic E-state index is 13.6. The third-order valence-electron chi connectivity index (χ3n) is 6.48. The zero-order chi connectivity index (χ0) is 26.9. The van der Waals surface area contributed by atoms with Crippen molar-refractivity contribution in [2.75, 3.05) is 18.0 Å². The van der Waals surface area contributed by atoms with Crippen LogP contribution in [0.5, 0.6) is 11.5 Å². The van der Waals surface area contributed by atoms with Gasteiger partial charge in [0.05, 0.1) is 30.3 Å². The largest absolute Gasteiger partial charge is 0.496 e. The number of halogens is 1. The number of carbonyl (C=O) groups excluding carboxylic acids is 1. The Labute approximate surface area is 223 Å². The summed E-state index contributed by atoms with van der Waals surface area (Å²) >= 11 is 6.18. The zero-order valence-electron chi connectivity index (χ0n) is 21.5. The highest BCUT2D eigenvalue weighted by Crippen LogP contribution is 2.39. The van der Waals surface area contributed by atoms with Gasteiger partial charge in [-0.2, -0.15) is 0 Å². The molecule has 1 aliphatic heterocycles. The molecule has 9 heteroatoms. The number of benzene rings is 3. The molecule has 2 atom stereocenters. The van der Waals surface area contributed by atoms with E-state index in [2.05, 4.69) is 25.2 Å². The fraction of sp³-hybridized carbons (Fsp3) is 0.321. The van der Waals surface area contributed by atoms with E-state index >= 15 is 0 Å². The molecule has 4 rings (SSSR count). The molecule has 0 aliphatic carbocycles. The molecule has 0 saturated heterocycles. The number of anilines is 1. The molecule has 7 nitrogen and oxygen atoms in total. The summed E-state index contributed by atoms with van der Waals surface area (Å²) in [5.41, 5.74) is 3.27. The van der Waals surface area contributed by atoms with Gasteiger partial charge in [0.2, 0.25) is 0 Å². The maximum Gasteiger partial charge on any atom is 0.264 e. The number of fused-ring (bicyclic) bond motifs is 1. The van der Waals surface area contributed by atoms with Crippen LogP contribution in [0.3, 0.4) is 0 Å². The van der Waals surface area contributed by atoms with Crippen LogP contribution in [0.4, 0.5) is 5.69 Å². The Hall–Kier alpha value is -3.23. The molecule has 0 radical (unpaired) electrons. The van der Waals surface area contributed by atoms with E-state index in [4.69, 9.17) is 21.1 Å². The number of hydrogen-bond donors (Lipinski definition) is 1. The van der Waals surface area contributed by atoms with Crippen molar-refractivity contribution in [3.63, 3.8) is 0 Å². The lowest BCUT2D eigenvalue weighted by molar-refractivity contribution is -0.128. The second kappa shape index (κ2) is 10.6. The lowest BCUT2D eigenvalue weighted by Crippen LogP contribution is -2.51. The van der Waals surface area contributed by atoms with Crippen LogP contribution in [-0.2, 0) is 14.8 Å². The van der Waals surface area contributed by atoms with Gasteiger partial charge in [0.25, 0.3) is 15.9 Å². The van der Waals surface area contributed by atoms with Crippen LogP contribution in [0.2, 0.25) is 5.02 Å². The molecular weight excluding hydrogens is 512 g/mol. The summed E-state index contributed by atoms with van der Waals surface area (Å²) < 4.78 is 39.8. The van der Waals surface area contributed by atoms with Gasteiger partial charge in [-0.15, -0.1) is 0 Å². The highest BCUT2D eigenvalue weighted by atomic mass is 35.5. The van der Waals surface area contributed by atoms with Gasteiger partial charge in [-0.05, 0) is 78.9 Å². The Morgan fingerprint density at radius 1 is 1.08 bits per heavy atom. The van der Waals surface area contributed by atoms with Crippen LogP contribution < -0.4 is 19.1 Å². The third kappa shape index (κ3) is 5.40. The topological polar surface area (TPSA) is 84.9 Å². The van der Waals surface area contributed by atoms with E-state index in [1.807, 2.05) is 19.9 Å². The number of ether oxygens (including phenoxy) is 2. The highest BCUT2D eigenvalue weighted by Gasteiger charge is 2.38. The van der Waals surface area contributed by atoms with E-state index in [1.165, 1.54) is 22.5 Å². The molecule has 1 aliphatic rings. The van der Waals surface area contributed by atoms with Gasteiger partial charge in [0.1, 0.15) is 11.5 Å². The lowest BCUT2D eigenvalue weighted by atomic mass is 9.93. The predicted octanol–water partition coefficient (Wildman–Crippen LogP) is 5.61. The first kappa shape index (κ1) is 26.8. The fourth-order valence-corrected chi connectivity index (χ4v) is 6.16. The van der Waals surface area contributed by atoms with E-state index in [-0.39, 0.29) is 29.1 Å². The van der Waals surface area contributed by atoms with Crippen molar-refractivity contribution in [3.8, 4) is 11.5 Å². The number of methoxy groups -OCH3 is 1. The van der Waals surface area contributed by atoms with Gasteiger partial charge in [0.15, 0.2) is 6.10 Å². The normalized spacial score (nSPS) is 16.1. The minimum atomic E-state index is -3.97. The summed E-state index contributed by atoms with van der Waals surface area (Å²) in [4.78, 5) is 13.5. The Bertz CT molecular complexity index is 1410. The van der Waals surface area contributed by atoms with E-state index in [0.717, 1.165) is 22.4 Å². The first-order valence-corrected chi connectivity index (χ1v) is 13.9. The molecule has 0 spiro atoms. The molecular formula is C28H31ClN2O5S. The maximum absolute atomic E-state index is 13.6. The molecule has 1 amide bonds. The molecule has 1 heterocycles. The molecule has 0 fully saturated rings. The van der Waals surface area contributed by atoms with Gasteiger partial charge in [-0.1, -0.05) is 43.6 Å².